The van der Waals surface area contributed by atoms with Crippen LogP contribution in [0.1, 0.15) is 37.9 Å². The van der Waals surface area contributed by atoms with Crippen molar-refractivity contribution in [2.75, 3.05) is 13.2 Å². The summed E-state index contributed by atoms with van der Waals surface area (Å²) in [5.74, 6) is 1.87. The number of rotatable bonds is 1. The third-order valence-corrected chi connectivity index (χ3v) is 2.89. The Hall–Kier alpha value is -0.800. The summed E-state index contributed by atoms with van der Waals surface area (Å²) < 4.78 is 11.4. The largest absolute Gasteiger partial charge is 0.464 e. The van der Waals surface area contributed by atoms with Crippen LogP contribution in [0.2, 0.25) is 0 Å². The zero-order valence-corrected chi connectivity index (χ0v) is 9.67. The molecule has 1 aromatic heterocycles. The van der Waals surface area contributed by atoms with E-state index in [1.165, 1.54) is 0 Å². The Bertz CT molecular complexity index is 330. The maximum absolute atomic E-state index is 5.78. The topological polar surface area (TPSA) is 34.4 Å². The van der Waals surface area contributed by atoms with E-state index in [-0.39, 0.29) is 11.6 Å². The number of ether oxygens (including phenoxy) is 1. The van der Waals surface area contributed by atoms with Gasteiger partial charge in [0.1, 0.15) is 17.6 Å². The quantitative estimate of drug-likeness (QED) is 0.771. The maximum Gasteiger partial charge on any atom is 0.134 e. The van der Waals surface area contributed by atoms with Crippen molar-refractivity contribution in [2.45, 2.75) is 38.8 Å². The molecule has 1 saturated heterocycles. The molecule has 2 heterocycles. The molecular weight excluding hydrogens is 190 g/mol. The van der Waals surface area contributed by atoms with Crippen LogP contribution in [0.5, 0.6) is 0 Å². The van der Waals surface area contributed by atoms with Crippen LogP contribution in [0.15, 0.2) is 16.5 Å². The van der Waals surface area contributed by atoms with Gasteiger partial charge in [0.25, 0.3) is 0 Å². The summed E-state index contributed by atoms with van der Waals surface area (Å²) in [7, 11) is 0. The molecule has 0 aliphatic carbocycles. The van der Waals surface area contributed by atoms with Crippen LogP contribution in [-0.2, 0) is 4.74 Å². The molecule has 15 heavy (non-hydrogen) atoms. The molecule has 0 aromatic carbocycles. The van der Waals surface area contributed by atoms with Crippen molar-refractivity contribution in [1.29, 1.82) is 0 Å². The molecule has 1 fully saturated rings. The average molecular weight is 209 g/mol. The highest BCUT2D eigenvalue weighted by atomic mass is 16.5. The van der Waals surface area contributed by atoms with E-state index in [2.05, 4.69) is 19.2 Å². The Morgan fingerprint density at radius 2 is 2.20 bits per heavy atom. The van der Waals surface area contributed by atoms with Gasteiger partial charge in [0.15, 0.2) is 0 Å². The first-order valence-electron chi connectivity index (χ1n) is 5.50. The highest BCUT2D eigenvalue weighted by molar-refractivity contribution is 5.09. The van der Waals surface area contributed by atoms with Gasteiger partial charge in [-0.2, -0.15) is 0 Å². The van der Waals surface area contributed by atoms with Crippen LogP contribution in [0.3, 0.4) is 0 Å². The summed E-state index contributed by atoms with van der Waals surface area (Å²) >= 11 is 0. The van der Waals surface area contributed by atoms with Crippen LogP contribution in [0.4, 0.5) is 0 Å². The third kappa shape index (κ3) is 2.61. The molecular formula is C12H19NO2. The molecule has 0 saturated carbocycles. The lowest BCUT2D eigenvalue weighted by Gasteiger charge is -2.22. The molecule has 1 atom stereocenters. The smallest absolute Gasteiger partial charge is 0.134 e. The van der Waals surface area contributed by atoms with Crippen LogP contribution >= 0.6 is 0 Å². The van der Waals surface area contributed by atoms with Crippen molar-refractivity contribution < 1.29 is 9.15 Å². The van der Waals surface area contributed by atoms with Crippen LogP contribution in [0, 0.1) is 6.92 Å². The van der Waals surface area contributed by atoms with E-state index in [0.29, 0.717) is 0 Å². The van der Waals surface area contributed by atoms with Crippen molar-refractivity contribution >= 4 is 0 Å². The van der Waals surface area contributed by atoms with Crippen molar-refractivity contribution in [3.63, 3.8) is 0 Å². The van der Waals surface area contributed by atoms with E-state index in [0.717, 1.165) is 31.1 Å². The number of furan rings is 1. The number of aryl methyl sites for hydroxylation is 1. The fourth-order valence-electron chi connectivity index (χ4n) is 1.78. The van der Waals surface area contributed by atoms with Crippen LogP contribution in [-0.4, -0.2) is 18.7 Å². The van der Waals surface area contributed by atoms with E-state index in [4.69, 9.17) is 9.15 Å². The molecule has 3 heteroatoms. The Balaban J connectivity index is 2.05. The molecule has 2 rings (SSSR count). The molecule has 1 aliphatic heterocycles. The van der Waals surface area contributed by atoms with Gasteiger partial charge in [-0.15, -0.1) is 0 Å². The number of hydrogen-bond donors (Lipinski definition) is 1. The first-order valence-corrected chi connectivity index (χ1v) is 5.50. The predicted molar refractivity (Wildman–Crippen MR) is 58.8 cm³/mol. The second-order valence-electron chi connectivity index (χ2n) is 4.82. The molecule has 0 spiro atoms. The van der Waals surface area contributed by atoms with E-state index < -0.39 is 0 Å². The third-order valence-electron chi connectivity index (χ3n) is 2.89. The minimum atomic E-state index is 0.0560. The molecule has 1 aromatic rings. The van der Waals surface area contributed by atoms with Crippen molar-refractivity contribution in [1.82, 2.24) is 5.32 Å². The zero-order valence-electron chi connectivity index (χ0n) is 9.67. The summed E-state index contributed by atoms with van der Waals surface area (Å²) in [5.41, 5.74) is 0.163. The number of nitrogens with one attached hydrogen (secondary N) is 1. The predicted octanol–water partition coefficient (Wildman–Crippen LogP) is 2.42. The van der Waals surface area contributed by atoms with E-state index in [1.54, 1.807) is 0 Å². The monoisotopic (exact) mass is 209 g/mol. The molecule has 3 nitrogen and oxygen atoms in total. The minimum absolute atomic E-state index is 0.0560. The lowest BCUT2D eigenvalue weighted by molar-refractivity contribution is 0.0498. The van der Waals surface area contributed by atoms with Crippen LogP contribution < -0.4 is 5.32 Å². The van der Waals surface area contributed by atoms with E-state index >= 15 is 0 Å². The van der Waals surface area contributed by atoms with Gasteiger partial charge in [-0.25, -0.2) is 0 Å². The standard InChI is InChI=1S/C12H19NO2/c1-9-4-5-10(15-9)11-8-13-12(2,3)6-7-14-11/h4-5,11,13H,6-8H2,1-3H3. The second-order valence-corrected chi connectivity index (χ2v) is 4.82. The average Bonchev–Trinajstić information content (AvgIpc) is 2.49. The molecule has 84 valence electrons. The van der Waals surface area contributed by atoms with Gasteiger partial charge in [0.05, 0.1) is 0 Å². The fraction of sp³-hybridized carbons (Fsp3) is 0.667. The SMILES string of the molecule is Cc1ccc(C2CNC(C)(C)CCO2)o1. The van der Waals surface area contributed by atoms with Gasteiger partial charge in [0.2, 0.25) is 0 Å². The van der Waals surface area contributed by atoms with E-state index in [9.17, 15) is 0 Å². The molecule has 0 bridgehead atoms. The summed E-state index contributed by atoms with van der Waals surface area (Å²) in [6, 6.07) is 3.98. The molecule has 0 radical (unpaired) electrons. The Morgan fingerprint density at radius 3 is 2.87 bits per heavy atom. The van der Waals surface area contributed by atoms with Gasteiger partial charge in [-0.05, 0) is 39.3 Å². The Labute approximate surface area is 90.8 Å². The summed E-state index contributed by atoms with van der Waals surface area (Å²) in [6.45, 7) is 7.96. The molecule has 1 N–H and O–H groups in total. The summed E-state index contributed by atoms with van der Waals surface area (Å²) in [5, 5.41) is 3.49. The van der Waals surface area contributed by atoms with Crippen molar-refractivity contribution in [3.8, 4) is 0 Å². The molecule has 0 amide bonds. The Morgan fingerprint density at radius 1 is 1.40 bits per heavy atom. The normalized spacial score (nSPS) is 26.2. The van der Waals surface area contributed by atoms with Crippen molar-refractivity contribution in [2.24, 2.45) is 0 Å². The molecule has 1 unspecified atom stereocenters. The second kappa shape index (κ2) is 3.99. The molecule has 1 aliphatic rings. The van der Waals surface area contributed by atoms with Gasteiger partial charge in [0, 0.05) is 18.7 Å². The number of hydrogen-bond acceptors (Lipinski definition) is 3. The van der Waals surface area contributed by atoms with Gasteiger partial charge in [-0.1, -0.05) is 0 Å². The van der Waals surface area contributed by atoms with Gasteiger partial charge < -0.3 is 14.5 Å². The first kappa shape index (κ1) is 10.7. The van der Waals surface area contributed by atoms with Gasteiger partial charge in [-0.3, -0.25) is 0 Å². The lowest BCUT2D eigenvalue weighted by Crippen LogP contribution is -2.39. The lowest BCUT2D eigenvalue weighted by atomic mass is 10.0. The van der Waals surface area contributed by atoms with Gasteiger partial charge >= 0.3 is 0 Å². The highest BCUT2D eigenvalue weighted by Crippen LogP contribution is 2.24. The first-order chi connectivity index (χ1) is 7.07. The summed E-state index contributed by atoms with van der Waals surface area (Å²) in [4.78, 5) is 0. The summed E-state index contributed by atoms with van der Waals surface area (Å²) in [6.07, 6.45) is 1.09. The fourth-order valence-corrected chi connectivity index (χ4v) is 1.78. The minimum Gasteiger partial charge on any atom is -0.464 e. The Kier molecular flexibility index (Phi) is 2.85. The van der Waals surface area contributed by atoms with Crippen molar-refractivity contribution in [3.05, 3.63) is 23.7 Å². The highest BCUT2D eigenvalue weighted by Gasteiger charge is 2.26. The maximum atomic E-state index is 5.78. The van der Waals surface area contributed by atoms with E-state index in [1.807, 2.05) is 19.1 Å². The zero-order chi connectivity index (χ0) is 10.9. The van der Waals surface area contributed by atoms with Crippen LogP contribution in [0.25, 0.3) is 0 Å².